The lowest BCUT2D eigenvalue weighted by atomic mass is 10.0. The molecule has 0 amide bonds. The summed E-state index contributed by atoms with van der Waals surface area (Å²) < 4.78 is 0. The Morgan fingerprint density at radius 3 is 2.84 bits per heavy atom. The molecule has 3 rings (SSSR count). The maximum Gasteiger partial charge on any atom is 0.122 e. The number of rotatable bonds is 4. The van der Waals surface area contributed by atoms with Crippen LogP contribution in [0.2, 0.25) is 0 Å². The molecular formula is C16H19N3. The van der Waals surface area contributed by atoms with Gasteiger partial charge >= 0.3 is 0 Å². The minimum Gasteiger partial charge on any atom is -0.370 e. The Balaban J connectivity index is 1.71. The van der Waals surface area contributed by atoms with Gasteiger partial charge in [0.2, 0.25) is 0 Å². The van der Waals surface area contributed by atoms with Crippen molar-refractivity contribution in [2.75, 3.05) is 11.9 Å². The molecule has 1 aliphatic rings. The number of hydrogen-bond acceptors (Lipinski definition) is 2. The van der Waals surface area contributed by atoms with Crippen molar-refractivity contribution >= 4 is 16.7 Å². The van der Waals surface area contributed by atoms with Crippen LogP contribution in [-0.2, 0) is 0 Å². The Morgan fingerprint density at radius 2 is 2.05 bits per heavy atom. The molecule has 0 saturated heterocycles. The van der Waals surface area contributed by atoms with Crippen molar-refractivity contribution in [3.05, 3.63) is 29.8 Å². The van der Waals surface area contributed by atoms with Crippen molar-refractivity contribution in [3.63, 3.8) is 0 Å². The average molecular weight is 253 g/mol. The van der Waals surface area contributed by atoms with E-state index < -0.39 is 0 Å². The number of para-hydroxylation sites is 1. The molecule has 3 heteroatoms. The van der Waals surface area contributed by atoms with Crippen LogP contribution in [0.4, 0.5) is 5.82 Å². The number of hydrogen-bond donors (Lipinski definition) is 2. The standard InChI is InChI=1S/C16H19N3/c17-11-14-13-7-3-4-8-15(13)19-16(14)18-10-9-12-5-1-2-6-12/h3-4,7-8,12,18-19H,1-2,5-6,9-10H2. The van der Waals surface area contributed by atoms with E-state index in [2.05, 4.69) is 16.4 Å². The lowest BCUT2D eigenvalue weighted by Gasteiger charge is -2.09. The minimum atomic E-state index is 0.738. The molecule has 1 saturated carbocycles. The van der Waals surface area contributed by atoms with Crippen molar-refractivity contribution in [2.45, 2.75) is 32.1 Å². The second kappa shape index (κ2) is 5.36. The first kappa shape index (κ1) is 12.1. The van der Waals surface area contributed by atoms with E-state index in [1.54, 1.807) is 0 Å². The molecule has 1 aliphatic carbocycles. The van der Waals surface area contributed by atoms with Crippen molar-refractivity contribution in [1.82, 2.24) is 4.98 Å². The summed E-state index contributed by atoms with van der Waals surface area (Å²) in [6.45, 7) is 0.951. The number of benzene rings is 1. The molecule has 0 atom stereocenters. The summed E-state index contributed by atoms with van der Waals surface area (Å²) in [5, 5.41) is 13.7. The molecule has 98 valence electrons. The van der Waals surface area contributed by atoms with E-state index in [-0.39, 0.29) is 0 Å². The summed E-state index contributed by atoms with van der Waals surface area (Å²) in [6.07, 6.45) is 6.74. The SMILES string of the molecule is N#Cc1c(NCCC2CCCC2)[nH]c2ccccc12. The number of nitrogens with zero attached hydrogens (tertiary/aromatic N) is 1. The van der Waals surface area contributed by atoms with Crippen molar-refractivity contribution in [1.29, 1.82) is 5.26 Å². The van der Waals surface area contributed by atoms with Crippen LogP contribution in [0.25, 0.3) is 10.9 Å². The Labute approximate surface area is 113 Å². The van der Waals surface area contributed by atoms with Crippen LogP contribution in [0, 0.1) is 17.2 Å². The minimum absolute atomic E-state index is 0.738. The summed E-state index contributed by atoms with van der Waals surface area (Å²) in [6, 6.07) is 10.3. The number of aromatic amines is 1. The number of H-pyrrole nitrogens is 1. The molecule has 1 heterocycles. The van der Waals surface area contributed by atoms with Gasteiger partial charge < -0.3 is 10.3 Å². The monoisotopic (exact) mass is 253 g/mol. The molecule has 0 radical (unpaired) electrons. The highest BCUT2D eigenvalue weighted by Crippen LogP contribution is 2.28. The lowest BCUT2D eigenvalue weighted by Crippen LogP contribution is -2.07. The van der Waals surface area contributed by atoms with E-state index >= 15 is 0 Å². The second-order valence-corrected chi connectivity index (χ2v) is 5.40. The molecule has 0 spiro atoms. The Hall–Kier alpha value is -1.95. The zero-order chi connectivity index (χ0) is 13.1. The van der Waals surface area contributed by atoms with Crippen LogP contribution in [0.1, 0.15) is 37.7 Å². The molecule has 2 aromatic rings. The van der Waals surface area contributed by atoms with Gasteiger partial charge in [-0.2, -0.15) is 5.26 Å². The molecule has 2 N–H and O–H groups in total. The molecule has 19 heavy (non-hydrogen) atoms. The normalized spacial score (nSPS) is 15.7. The van der Waals surface area contributed by atoms with Crippen LogP contribution in [-0.4, -0.2) is 11.5 Å². The van der Waals surface area contributed by atoms with Gasteiger partial charge in [-0.3, -0.25) is 0 Å². The summed E-state index contributed by atoms with van der Waals surface area (Å²) in [4.78, 5) is 3.31. The molecule has 0 bridgehead atoms. The fourth-order valence-corrected chi connectivity index (χ4v) is 3.09. The van der Waals surface area contributed by atoms with Gasteiger partial charge in [-0.25, -0.2) is 0 Å². The van der Waals surface area contributed by atoms with Crippen LogP contribution in [0.5, 0.6) is 0 Å². The Morgan fingerprint density at radius 1 is 1.26 bits per heavy atom. The van der Waals surface area contributed by atoms with E-state index in [1.165, 1.54) is 32.1 Å². The van der Waals surface area contributed by atoms with Crippen LogP contribution in [0.15, 0.2) is 24.3 Å². The highest BCUT2D eigenvalue weighted by Gasteiger charge is 2.15. The maximum atomic E-state index is 9.31. The fourth-order valence-electron chi connectivity index (χ4n) is 3.09. The van der Waals surface area contributed by atoms with E-state index in [0.29, 0.717) is 0 Å². The molecule has 0 aliphatic heterocycles. The van der Waals surface area contributed by atoms with Crippen LogP contribution >= 0.6 is 0 Å². The average Bonchev–Trinajstić information content (AvgIpc) is 3.05. The number of nitrogens with one attached hydrogen (secondary N) is 2. The largest absolute Gasteiger partial charge is 0.370 e. The van der Waals surface area contributed by atoms with Gasteiger partial charge in [0.25, 0.3) is 0 Å². The molecule has 3 nitrogen and oxygen atoms in total. The first-order valence-electron chi connectivity index (χ1n) is 7.13. The molecule has 0 unspecified atom stereocenters. The van der Waals surface area contributed by atoms with Gasteiger partial charge in [-0.15, -0.1) is 0 Å². The van der Waals surface area contributed by atoms with E-state index in [0.717, 1.165) is 34.7 Å². The number of fused-ring (bicyclic) bond motifs is 1. The van der Waals surface area contributed by atoms with Gasteiger partial charge in [-0.1, -0.05) is 43.9 Å². The first-order chi connectivity index (χ1) is 9.38. The second-order valence-electron chi connectivity index (χ2n) is 5.40. The van der Waals surface area contributed by atoms with Gasteiger partial charge in [0, 0.05) is 17.4 Å². The predicted octanol–water partition coefficient (Wildman–Crippen LogP) is 4.03. The highest BCUT2D eigenvalue weighted by atomic mass is 15.0. The van der Waals surface area contributed by atoms with E-state index in [4.69, 9.17) is 0 Å². The predicted molar refractivity (Wildman–Crippen MR) is 78.1 cm³/mol. The summed E-state index contributed by atoms with van der Waals surface area (Å²) in [7, 11) is 0. The topological polar surface area (TPSA) is 51.6 Å². The molecule has 1 aromatic heterocycles. The van der Waals surface area contributed by atoms with E-state index in [1.807, 2.05) is 24.3 Å². The summed E-state index contributed by atoms with van der Waals surface area (Å²) >= 11 is 0. The third-order valence-electron chi connectivity index (χ3n) is 4.15. The van der Waals surface area contributed by atoms with Crippen molar-refractivity contribution < 1.29 is 0 Å². The Kier molecular flexibility index (Phi) is 3.41. The first-order valence-corrected chi connectivity index (χ1v) is 7.13. The number of aromatic nitrogens is 1. The third kappa shape index (κ3) is 2.44. The van der Waals surface area contributed by atoms with Crippen molar-refractivity contribution in [2.24, 2.45) is 5.92 Å². The lowest BCUT2D eigenvalue weighted by molar-refractivity contribution is 0.518. The van der Waals surface area contributed by atoms with Crippen molar-refractivity contribution in [3.8, 4) is 6.07 Å². The molecular weight excluding hydrogens is 234 g/mol. The van der Waals surface area contributed by atoms with E-state index in [9.17, 15) is 5.26 Å². The zero-order valence-corrected chi connectivity index (χ0v) is 11.1. The van der Waals surface area contributed by atoms with Crippen LogP contribution < -0.4 is 5.32 Å². The van der Waals surface area contributed by atoms with Gasteiger partial charge in [0.1, 0.15) is 17.5 Å². The molecule has 1 aromatic carbocycles. The summed E-state index contributed by atoms with van der Waals surface area (Å²) in [5.41, 5.74) is 1.77. The third-order valence-corrected chi connectivity index (χ3v) is 4.15. The zero-order valence-electron chi connectivity index (χ0n) is 11.1. The summed E-state index contributed by atoms with van der Waals surface area (Å²) in [5.74, 6) is 1.75. The molecule has 1 fully saturated rings. The van der Waals surface area contributed by atoms with Crippen LogP contribution in [0.3, 0.4) is 0 Å². The highest BCUT2D eigenvalue weighted by molar-refractivity contribution is 5.91. The van der Waals surface area contributed by atoms with Gasteiger partial charge in [0.05, 0.1) is 0 Å². The fraction of sp³-hybridized carbons (Fsp3) is 0.438. The number of nitriles is 1. The van der Waals surface area contributed by atoms with Gasteiger partial charge in [-0.05, 0) is 18.4 Å². The quantitative estimate of drug-likeness (QED) is 0.864. The smallest absolute Gasteiger partial charge is 0.122 e. The Bertz CT molecular complexity index is 600. The maximum absolute atomic E-state index is 9.31. The number of anilines is 1. The van der Waals surface area contributed by atoms with Gasteiger partial charge in [0.15, 0.2) is 0 Å².